The fraction of sp³-hybridized carbons (Fsp3) is 0.333. The van der Waals surface area contributed by atoms with E-state index in [9.17, 15) is 14.7 Å². The van der Waals surface area contributed by atoms with E-state index in [1.807, 2.05) is 36.4 Å². The van der Waals surface area contributed by atoms with Crippen LogP contribution in [0.4, 0.5) is 0 Å². The van der Waals surface area contributed by atoms with E-state index in [-0.39, 0.29) is 17.6 Å². The Bertz CT molecular complexity index is 795. The van der Waals surface area contributed by atoms with E-state index in [1.54, 1.807) is 43.0 Å². The fourth-order valence-electron chi connectivity index (χ4n) is 2.81. The number of carbonyl (C=O) groups is 2. The van der Waals surface area contributed by atoms with Crippen molar-refractivity contribution in [3.63, 3.8) is 0 Å². The van der Waals surface area contributed by atoms with Gasteiger partial charge < -0.3 is 20.1 Å². The second-order valence-electron chi connectivity index (χ2n) is 6.30. The maximum absolute atomic E-state index is 12.9. The number of thioether (sulfide) groups is 1. The number of phenols is 1. The van der Waals surface area contributed by atoms with Crippen LogP contribution in [0.25, 0.3) is 0 Å². The standard InChI is InChI=1S/C21H26N2O4S/c1-22-20(25)18(12-13-28-17-10-8-16(24)9-11-17)21(26)23(2)14-15-6-4-5-7-19(15)27-3/h4-11,18,24H,12-14H2,1-3H3,(H,22,25). The number of nitrogens with one attached hydrogen (secondary N) is 1. The van der Waals surface area contributed by atoms with Gasteiger partial charge in [-0.3, -0.25) is 9.59 Å². The van der Waals surface area contributed by atoms with Gasteiger partial charge in [-0.05, 0) is 42.5 Å². The van der Waals surface area contributed by atoms with Crippen LogP contribution in [0.15, 0.2) is 53.4 Å². The number of hydrogen-bond donors (Lipinski definition) is 2. The Hall–Kier alpha value is -2.67. The summed E-state index contributed by atoms with van der Waals surface area (Å²) in [5.74, 6) is 0.258. The minimum atomic E-state index is -0.755. The highest BCUT2D eigenvalue weighted by atomic mass is 32.2. The van der Waals surface area contributed by atoms with Crippen molar-refractivity contribution >= 4 is 23.6 Å². The zero-order valence-electron chi connectivity index (χ0n) is 16.3. The highest BCUT2D eigenvalue weighted by Gasteiger charge is 2.28. The van der Waals surface area contributed by atoms with Crippen LogP contribution in [0.2, 0.25) is 0 Å². The lowest BCUT2D eigenvalue weighted by Crippen LogP contribution is -2.41. The Morgan fingerprint density at radius 2 is 1.86 bits per heavy atom. The molecule has 7 heteroatoms. The Morgan fingerprint density at radius 3 is 2.50 bits per heavy atom. The molecule has 0 aromatic heterocycles. The molecule has 0 fully saturated rings. The van der Waals surface area contributed by atoms with Gasteiger partial charge in [0, 0.05) is 31.1 Å². The Morgan fingerprint density at radius 1 is 1.18 bits per heavy atom. The van der Waals surface area contributed by atoms with Crippen molar-refractivity contribution in [2.75, 3.05) is 27.0 Å². The zero-order valence-corrected chi connectivity index (χ0v) is 17.2. The fourth-order valence-corrected chi connectivity index (χ4v) is 3.73. The molecule has 2 aromatic rings. The van der Waals surface area contributed by atoms with Crippen LogP contribution in [0, 0.1) is 5.92 Å². The van der Waals surface area contributed by atoms with Crippen molar-refractivity contribution in [1.29, 1.82) is 0 Å². The summed E-state index contributed by atoms with van der Waals surface area (Å²) >= 11 is 1.54. The Kier molecular flexibility index (Phi) is 8.19. The quantitative estimate of drug-likeness (QED) is 0.498. The largest absolute Gasteiger partial charge is 0.508 e. The lowest BCUT2D eigenvalue weighted by Gasteiger charge is -2.23. The smallest absolute Gasteiger partial charge is 0.235 e. The summed E-state index contributed by atoms with van der Waals surface area (Å²) in [4.78, 5) is 27.7. The molecule has 2 rings (SSSR count). The van der Waals surface area contributed by atoms with Crippen LogP contribution >= 0.6 is 11.8 Å². The summed E-state index contributed by atoms with van der Waals surface area (Å²) in [5, 5.41) is 11.9. The van der Waals surface area contributed by atoms with Gasteiger partial charge in [0.2, 0.25) is 11.8 Å². The van der Waals surface area contributed by atoms with Crippen molar-refractivity contribution < 1.29 is 19.4 Å². The van der Waals surface area contributed by atoms with Crippen molar-refractivity contribution in [3.05, 3.63) is 54.1 Å². The van der Waals surface area contributed by atoms with Crippen LogP contribution in [0.5, 0.6) is 11.5 Å². The molecule has 0 aliphatic heterocycles. The molecule has 2 aromatic carbocycles. The molecule has 0 bridgehead atoms. The molecule has 0 saturated carbocycles. The number of ether oxygens (including phenoxy) is 1. The first-order chi connectivity index (χ1) is 13.5. The Balaban J connectivity index is 2.01. The minimum Gasteiger partial charge on any atom is -0.508 e. The minimum absolute atomic E-state index is 0.209. The van der Waals surface area contributed by atoms with Crippen LogP contribution in [0.3, 0.4) is 0 Å². The van der Waals surface area contributed by atoms with Crippen molar-refractivity contribution in [2.24, 2.45) is 5.92 Å². The second kappa shape index (κ2) is 10.6. The molecule has 0 saturated heterocycles. The number of benzene rings is 2. The van der Waals surface area contributed by atoms with E-state index in [1.165, 1.54) is 7.05 Å². The van der Waals surface area contributed by atoms with Gasteiger partial charge in [0.25, 0.3) is 0 Å². The molecular weight excluding hydrogens is 376 g/mol. The first kappa shape index (κ1) is 21.6. The van der Waals surface area contributed by atoms with Crippen molar-refractivity contribution in [2.45, 2.75) is 17.9 Å². The van der Waals surface area contributed by atoms with Gasteiger partial charge in [-0.25, -0.2) is 0 Å². The molecule has 2 amide bonds. The number of phenolic OH excluding ortho intramolecular Hbond substituents is 1. The van der Waals surface area contributed by atoms with Gasteiger partial charge in [-0.15, -0.1) is 11.8 Å². The summed E-state index contributed by atoms with van der Waals surface area (Å²) in [6.45, 7) is 0.363. The number of carbonyl (C=O) groups excluding carboxylic acids is 2. The van der Waals surface area contributed by atoms with Crippen LogP contribution in [-0.4, -0.2) is 48.8 Å². The molecule has 1 unspecified atom stereocenters. The Labute approximate surface area is 169 Å². The molecule has 28 heavy (non-hydrogen) atoms. The average Bonchev–Trinajstić information content (AvgIpc) is 2.72. The SMILES string of the molecule is CNC(=O)C(CCSc1ccc(O)cc1)C(=O)N(C)Cc1ccccc1OC. The third kappa shape index (κ3) is 5.92. The third-order valence-corrected chi connectivity index (χ3v) is 5.39. The number of para-hydroxylation sites is 1. The number of methoxy groups -OCH3 is 1. The summed E-state index contributed by atoms with van der Waals surface area (Å²) in [6, 6.07) is 14.4. The maximum atomic E-state index is 12.9. The lowest BCUT2D eigenvalue weighted by atomic mass is 10.0. The average molecular weight is 403 g/mol. The first-order valence-corrected chi connectivity index (χ1v) is 9.95. The van der Waals surface area contributed by atoms with E-state index >= 15 is 0 Å². The number of hydrogen-bond acceptors (Lipinski definition) is 5. The number of nitrogens with zero attached hydrogens (tertiary/aromatic N) is 1. The summed E-state index contributed by atoms with van der Waals surface area (Å²) in [6.07, 6.45) is 0.417. The highest BCUT2D eigenvalue weighted by Crippen LogP contribution is 2.24. The van der Waals surface area contributed by atoms with Gasteiger partial charge in [-0.1, -0.05) is 18.2 Å². The molecule has 150 valence electrons. The molecule has 2 N–H and O–H groups in total. The number of amides is 2. The predicted molar refractivity (Wildman–Crippen MR) is 110 cm³/mol. The second-order valence-corrected chi connectivity index (χ2v) is 7.47. The van der Waals surface area contributed by atoms with Crippen molar-refractivity contribution in [3.8, 4) is 11.5 Å². The topological polar surface area (TPSA) is 78.9 Å². The predicted octanol–water partition coefficient (Wildman–Crippen LogP) is 2.90. The van der Waals surface area contributed by atoms with E-state index in [2.05, 4.69) is 5.32 Å². The van der Waals surface area contributed by atoms with Crippen LogP contribution < -0.4 is 10.1 Å². The molecule has 1 atom stereocenters. The normalized spacial score (nSPS) is 11.5. The van der Waals surface area contributed by atoms with Crippen molar-refractivity contribution in [1.82, 2.24) is 10.2 Å². The molecule has 0 radical (unpaired) electrons. The van der Waals surface area contributed by atoms with Crippen LogP contribution in [0.1, 0.15) is 12.0 Å². The first-order valence-electron chi connectivity index (χ1n) is 8.96. The molecule has 6 nitrogen and oxygen atoms in total. The monoisotopic (exact) mass is 402 g/mol. The molecule has 0 spiro atoms. The van der Waals surface area contributed by atoms with E-state index in [0.29, 0.717) is 24.5 Å². The maximum Gasteiger partial charge on any atom is 0.235 e. The summed E-state index contributed by atoms with van der Waals surface area (Å²) < 4.78 is 5.34. The summed E-state index contributed by atoms with van der Waals surface area (Å²) in [5.41, 5.74) is 0.884. The van der Waals surface area contributed by atoms with Gasteiger partial charge in [-0.2, -0.15) is 0 Å². The van der Waals surface area contributed by atoms with Crippen LogP contribution in [-0.2, 0) is 16.1 Å². The van der Waals surface area contributed by atoms with E-state index in [4.69, 9.17) is 4.74 Å². The molecule has 0 heterocycles. The van der Waals surface area contributed by atoms with Gasteiger partial charge >= 0.3 is 0 Å². The zero-order chi connectivity index (χ0) is 20.5. The van der Waals surface area contributed by atoms with Gasteiger partial charge in [0.15, 0.2) is 0 Å². The molecule has 0 aliphatic rings. The molecular formula is C21H26N2O4S. The van der Waals surface area contributed by atoms with E-state index < -0.39 is 5.92 Å². The number of aromatic hydroxyl groups is 1. The lowest BCUT2D eigenvalue weighted by molar-refractivity contribution is -0.141. The highest BCUT2D eigenvalue weighted by molar-refractivity contribution is 7.99. The third-order valence-electron chi connectivity index (χ3n) is 4.35. The summed E-state index contributed by atoms with van der Waals surface area (Å²) in [7, 11) is 4.82. The van der Waals surface area contributed by atoms with Gasteiger partial charge in [0.05, 0.1) is 7.11 Å². The van der Waals surface area contributed by atoms with Gasteiger partial charge in [0.1, 0.15) is 17.4 Å². The van der Waals surface area contributed by atoms with E-state index in [0.717, 1.165) is 10.5 Å². The number of rotatable bonds is 9. The molecule has 0 aliphatic carbocycles.